The van der Waals surface area contributed by atoms with E-state index in [0.29, 0.717) is 12.1 Å². The molecule has 0 aliphatic heterocycles. The minimum atomic E-state index is -0.959. The van der Waals surface area contributed by atoms with Crippen molar-refractivity contribution in [3.8, 4) is 11.1 Å². The smallest absolute Gasteiger partial charge is 0.338 e. The molecule has 0 atom stereocenters. The summed E-state index contributed by atoms with van der Waals surface area (Å²) in [6.45, 7) is 0.483. The van der Waals surface area contributed by atoms with E-state index >= 15 is 0 Å². The SMILES string of the molecule is NCCOC(=O)c1ccc(-c2ccc(C(=O)O)cc2)cc1. The second-order valence-electron chi connectivity index (χ2n) is 4.38. The van der Waals surface area contributed by atoms with Gasteiger partial charge < -0.3 is 15.6 Å². The van der Waals surface area contributed by atoms with Crippen molar-refractivity contribution in [2.24, 2.45) is 5.73 Å². The molecule has 0 saturated heterocycles. The van der Waals surface area contributed by atoms with E-state index in [2.05, 4.69) is 0 Å². The summed E-state index contributed by atoms with van der Waals surface area (Å²) in [6.07, 6.45) is 0. The highest BCUT2D eigenvalue weighted by atomic mass is 16.5. The maximum absolute atomic E-state index is 11.6. The molecule has 3 N–H and O–H groups in total. The van der Waals surface area contributed by atoms with Crippen molar-refractivity contribution in [3.63, 3.8) is 0 Å². The Hall–Kier alpha value is -2.66. The summed E-state index contributed by atoms with van der Waals surface area (Å²) in [4.78, 5) is 22.4. The molecule has 0 amide bonds. The number of carbonyl (C=O) groups is 2. The van der Waals surface area contributed by atoms with Crippen molar-refractivity contribution >= 4 is 11.9 Å². The normalized spacial score (nSPS) is 10.1. The van der Waals surface area contributed by atoms with E-state index in [9.17, 15) is 9.59 Å². The lowest BCUT2D eigenvalue weighted by Gasteiger charge is -2.05. The molecule has 0 radical (unpaired) electrons. The fourth-order valence-electron chi connectivity index (χ4n) is 1.84. The van der Waals surface area contributed by atoms with Crippen molar-refractivity contribution in [2.75, 3.05) is 13.2 Å². The van der Waals surface area contributed by atoms with Gasteiger partial charge in [0.05, 0.1) is 11.1 Å². The number of aromatic carboxylic acids is 1. The number of hydrogen-bond acceptors (Lipinski definition) is 4. The molecule has 2 aromatic carbocycles. The minimum absolute atomic E-state index is 0.192. The molecule has 0 saturated carbocycles. The summed E-state index contributed by atoms with van der Waals surface area (Å²) in [6, 6.07) is 13.4. The summed E-state index contributed by atoms with van der Waals surface area (Å²) in [7, 11) is 0. The van der Waals surface area contributed by atoms with E-state index in [0.717, 1.165) is 11.1 Å². The van der Waals surface area contributed by atoms with Crippen molar-refractivity contribution in [3.05, 3.63) is 59.7 Å². The second kappa shape index (κ2) is 6.67. The summed E-state index contributed by atoms with van der Waals surface area (Å²) >= 11 is 0. The monoisotopic (exact) mass is 285 g/mol. The molecule has 0 spiro atoms. The summed E-state index contributed by atoms with van der Waals surface area (Å²) in [5.74, 6) is -1.37. The Labute approximate surface area is 122 Å². The van der Waals surface area contributed by atoms with Gasteiger partial charge in [-0.05, 0) is 35.4 Å². The molecular weight excluding hydrogens is 270 g/mol. The van der Waals surface area contributed by atoms with Gasteiger partial charge in [-0.1, -0.05) is 24.3 Å². The third-order valence-corrected chi connectivity index (χ3v) is 2.94. The van der Waals surface area contributed by atoms with Crippen LogP contribution in [0.25, 0.3) is 11.1 Å². The van der Waals surface area contributed by atoms with E-state index in [1.807, 2.05) is 0 Å². The summed E-state index contributed by atoms with van der Waals surface area (Å²) in [5, 5.41) is 8.85. The van der Waals surface area contributed by atoms with Crippen LogP contribution in [0.3, 0.4) is 0 Å². The zero-order chi connectivity index (χ0) is 15.2. The molecule has 0 unspecified atom stereocenters. The maximum Gasteiger partial charge on any atom is 0.338 e. The molecule has 2 aromatic rings. The number of nitrogens with two attached hydrogens (primary N) is 1. The van der Waals surface area contributed by atoms with Gasteiger partial charge >= 0.3 is 11.9 Å². The zero-order valence-corrected chi connectivity index (χ0v) is 11.3. The summed E-state index contributed by atoms with van der Waals surface area (Å²) in [5.41, 5.74) is 7.73. The first kappa shape index (κ1) is 14.7. The molecule has 2 rings (SSSR count). The molecule has 0 bridgehead atoms. The molecule has 0 aliphatic rings. The van der Waals surface area contributed by atoms with Crippen LogP contribution in [0.2, 0.25) is 0 Å². The molecule has 5 heteroatoms. The molecule has 0 aromatic heterocycles. The standard InChI is InChI=1S/C16H15NO4/c17-9-10-21-16(20)14-7-3-12(4-8-14)11-1-5-13(6-2-11)15(18)19/h1-8H,9-10,17H2,(H,18,19). The number of ether oxygens (including phenoxy) is 1. The van der Waals surface area contributed by atoms with Crippen LogP contribution in [0.15, 0.2) is 48.5 Å². The number of carboxylic acids is 1. The highest BCUT2D eigenvalue weighted by molar-refractivity contribution is 5.90. The Balaban J connectivity index is 2.14. The van der Waals surface area contributed by atoms with E-state index in [1.165, 1.54) is 0 Å². The Morgan fingerprint density at radius 3 is 1.81 bits per heavy atom. The van der Waals surface area contributed by atoms with Gasteiger partial charge in [-0.25, -0.2) is 9.59 Å². The van der Waals surface area contributed by atoms with Crippen molar-refractivity contribution in [1.82, 2.24) is 0 Å². The lowest BCUT2D eigenvalue weighted by molar-refractivity contribution is 0.0516. The van der Waals surface area contributed by atoms with Crippen LogP contribution in [0.1, 0.15) is 20.7 Å². The number of carbonyl (C=O) groups excluding carboxylic acids is 1. The van der Waals surface area contributed by atoms with Gasteiger partial charge in [0.2, 0.25) is 0 Å². The topological polar surface area (TPSA) is 89.6 Å². The van der Waals surface area contributed by atoms with Gasteiger partial charge in [0.1, 0.15) is 6.61 Å². The second-order valence-corrected chi connectivity index (χ2v) is 4.38. The van der Waals surface area contributed by atoms with Gasteiger partial charge in [-0.15, -0.1) is 0 Å². The third-order valence-electron chi connectivity index (χ3n) is 2.94. The fourth-order valence-corrected chi connectivity index (χ4v) is 1.84. The molecule has 0 heterocycles. The Kier molecular flexibility index (Phi) is 4.68. The highest BCUT2D eigenvalue weighted by Gasteiger charge is 2.07. The van der Waals surface area contributed by atoms with Gasteiger partial charge in [0.15, 0.2) is 0 Å². The van der Waals surface area contributed by atoms with Crippen molar-refractivity contribution in [2.45, 2.75) is 0 Å². The van der Waals surface area contributed by atoms with Crippen LogP contribution < -0.4 is 5.73 Å². The lowest BCUT2D eigenvalue weighted by Crippen LogP contribution is -2.13. The van der Waals surface area contributed by atoms with Crippen LogP contribution in [0, 0.1) is 0 Å². The Morgan fingerprint density at radius 1 is 0.905 bits per heavy atom. The third kappa shape index (κ3) is 3.67. The van der Waals surface area contributed by atoms with Gasteiger partial charge in [0, 0.05) is 6.54 Å². The average molecular weight is 285 g/mol. The van der Waals surface area contributed by atoms with Gasteiger partial charge in [-0.3, -0.25) is 0 Å². The molecule has 0 fully saturated rings. The Bertz CT molecular complexity index is 632. The number of hydrogen-bond donors (Lipinski definition) is 2. The molecular formula is C16H15NO4. The van der Waals surface area contributed by atoms with Gasteiger partial charge in [0.25, 0.3) is 0 Å². The maximum atomic E-state index is 11.6. The first-order valence-electron chi connectivity index (χ1n) is 6.43. The predicted octanol–water partition coefficient (Wildman–Crippen LogP) is 2.17. The van der Waals surface area contributed by atoms with E-state index in [4.69, 9.17) is 15.6 Å². The first-order chi connectivity index (χ1) is 10.1. The van der Waals surface area contributed by atoms with Gasteiger partial charge in [-0.2, -0.15) is 0 Å². The average Bonchev–Trinajstić information content (AvgIpc) is 2.53. The molecule has 108 valence electrons. The number of esters is 1. The first-order valence-corrected chi connectivity index (χ1v) is 6.43. The summed E-state index contributed by atoms with van der Waals surface area (Å²) < 4.78 is 4.94. The quantitative estimate of drug-likeness (QED) is 0.822. The highest BCUT2D eigenvalue weighted by Crippen LogP contribution is 2.20. The van der Waals surface area contributed by atoms with Crippen LogP contribution in [-0.4, -0.2) is 30.2 Å². The number of rotatable bonds is 5. The lowest BCUT2D eigenvalue weighted by atomic mass is 10.0. The number of benzene rings is 2. The fraction of sp³-hybridized carbons (Fsp3) is 0.125. The van der Waals surface area contributed by atoms with E-state index in [1.54, 1.807) is 48.5 Å². The van der Waals surface area contributed by atoms with Crippen LogP contribution in [0.5, 0.6) is 0 Å². The largest absolute Gasteiger partial charge is 0.478 e. The molecule has 5 nitrogen and oxygen atoms in total. The van der Waals surface area contributed by atoms with Crippen LogP contribution in [0.4, 0.5) is 0 Å². The van der Waals surface area contributed by atoms with Crippen molar-refractivity contribution in [1.29, 1.82) is 0 Å². The minimum Gasteiger partial charge on any atom is -0.478 e. The Morgan fingerprint density at radius 2 is 1.38 bits per heavy atom. The van der Waals surface area contributed by atoms with Crippen LogP contribution in [-0.2, 0) is 4.74 Å². The predicted molar refractivity (Wildman–Crippen MR) is 78.2 cm³/mol. The molecule has 21 heavy (non-hydrogen) atoms. The number of carboxylic acid groups (broad SMARTS) is 1. The molecule has 0 aliphatic carbocycles. The van der Waals surface area contributed by atoms with E-state index in [-0.39, 0.29) is 12.2 Å². The van der Waals surface area contributed by atoms with Crippen LogP contribution >= 0.6 is 0 Å². The zero-order valence-electron chi connectivity index (χ0n) is 11.3. The van der Waals surface area contributed by atoms with Crippen molar-refractivity contribution < 1.29 is 19.4 Å². The van der Waals surface area contributed by atoms with E-state index < -0.39 is 11.9 Å².